The summed E-state index contributed by atoms with van der Waals surface area (Å²) in [5, 5.41) is 11.7. The van der Waals surface area contributed by atoms with E-state index >= 15 is 0 Å². The van der Waals surface area contributed by atoms with Gasteiger partial charge in [-0.05, 0) is 37.5 Å². The molecule has 3 aromatic rings. The average molecular weight is 438 g/mol. The van der Waals surface area contributed by atoms with Gasteiger partial charge in [0.25, 0.3) is 5.91 Å². The maximum absolute atomic E-state index is 13.1. The lowest BCUT2D eigenvalue weighted by atomic mass is 10.1. The van der Waals surface area contributed by atoms with Gasteiger partial charge in [-0.1, -0.05) is 12.1 Å². The van der Waals surface area contributed by atoms with E-state index in [0.717, 1.165) is 35.1 Å². The van der Waals surface area contributed by atoms with Crippen LogP contribution in [0.2, 0.25) is 0 Å². The van der Waals surface area contributed by atoms with Crippen LogP contribution in [0.1, 0.15) is 46.0 Å². The summed E-state index contributed by atoms with van der Waals surface area (Å²) in [6.07, 6.45) is 5.11. The number of anilines is 1. The SMILES string of the molecule is CCn1ncc2c(NC3CCOCC3)c(C(=O)NCc3ccc(C(=O)OC)cc3)cnc21. The molecule has 0 aliphatic carbocycles. The van der Waals surface area contributed by atoms with Crippen molar-refractivity contribution in [2.45, 2.75) is 38.9 Å². The summed E-state index contributed by atoms with van der Waals surface area (Å²) < 4.78 is 12.0. The molecule has 1 aliphatic heterocycles. The number of nitrogens with one attached hydrogen (secondary N) is 2. The van der Waals surface area contributed by atoms with Gasteiger partial charge in [0.1, 0.15) is 0 Å². The van der Waals surface area contributed by atoms with Crippen molar-refractivity contribution in [2.24, 2.45) is 0 Å². The molecule has 0 unspecified atom stereocenters. The quantitative estimate of drug-likeness (QED) is 0.547. The number of aromatic nitrogens is 3. The third-order valence-electron chi connectivity index (χ3n) is 5.61. The number of carbonyl (C=O) groups is 2. The van der Waals surface area contributed by atoms with E-state index in [1.54, 1.807) is 36.7 Å². The second-order valence-electron chi connectivity index (χ2n) is 7.65. The number of benzene rings is 1. The molecule has 2 aromatic heterocycles. The van der Waals surface area contributed by atoms with E-state index in [2.05, 4.69) is 20.7 Å². The predicted molar refractivity (Wildman–Crippen MR) is 120 cm³/mol. The van der Waals surface area contributed by atoms with Gasteiger partial charge in [-0.3, -0.25) is 4.79 Å². The zero-order valence-corrected chi connectivity index (χ0v) is 18.3. The summed E-state index contributed by atoms with van der Waals surface area (Å²) in [4.78, 5) is 29.2. The first kappa shape index (κ1) is 21.8. The van der Waals surface area contributed by atoms with Gasteiger partial charge in [0, 0.05) is 38.5 Å². The molecule has 1 aromatic carbocycles. The summed E-state index contributed by atoms with van der Waals surface area (Å²) >= 11 is 0. The highest BCUT2D eigenvalue weighted by Crippen LogP contribution is 2.28. The molecule has 168 valence electrons. The number of hydrogen-bond donors (Lipinski definition) is 2. The lowest BCUT2D eigenvalue weighted by molar-refractivity contribution is 0.0600. The van der Waals surface area contributed by atoms with Crippen molar-refractivity contribution in [3.63, 3.8) is 0 Å². The summed E-state index contributed by atoms with van der Waals surface area (Å²) in [5.74, 6) is -0.619. The third kappa shape index (κ3) is 4.57. The van der Waals surface area contributed by atoms with Crippen LogP contribution >= 0.6 is 0 Å². The Morgan fingerprint density at radius 2 is 1.94 bits per heavy atom. The molecule has 1 saturated heterocycles. The number of amides is 1. The van der Waals surface area contributed by atoms with Crippen LogP contribution in [0.15, 0.2) is 36.7 Å². The minimum atomic E-state index is -0.392. The highest BCUT2D eigenvalue weighted by atomic mass is 16.5. The zero-order valence-electron chi connectivity index (χ0n) is 18.3. The van der Waals surface area contributed by atoms with Gasteiger partial charge < -0.3 is 20.1 Å². The summed E-state index contributed by atoms with van der Waals surface area (Å²) in [5.41, 5.74) is 3.31. The van der Waals surface area contributed by atoms with E-state index in [9.17, 15) is 9.59 Å². The van der Waals surface area contributed by atoms with E-state index < -0.39 is 5.97 Å². The van der Waals surface area contributed by atoms with E-state index in [0.29, 0.717) is 37.4 Å². The molecule has 0 saturated carbocycles. The van der Waals surface area contributed by atoms with Gasteiger partial charge in [-0.15, -0.1) is 0 Å². The van der Waals surface area contributed by atoms with Crippen molar-refractivity contribution in [1.29, 1.82) is 0 Å². The van der Waals surface area contributed by atoms with Crippen LogP contribution in [-0.2, 0) is 22.6 Å². The normalized spacial score (nSPS) is 14.3. The Hall–Kier alpha value is -3.46. The number of methoxy groups -OCH3 is 1. The van der Waals surface area contributed by atoms with Crippen molar-refractivity contribution in [2.75, 3.05) is 25.6 Å². The van der Waals surface area contributed by atoms with Crippen molar-refractivity contribution < 1.29 is 19.1 Å². The van der Waals surface area contributed by atoms with Gasteiger partial charge in [0.2, 0.25) is 0 Å². The van der Waals surface area contributed by atoms with E-state index in [4.69, 9.17) is 9.47 Å². The van der Waals surface area contributed by atoms with Crippen LogP contribution < -0.4 is 10.6 Å². The lowest BCUT2D eigenvalue weighted by Crippen LogP contribution is -2.30. The number of hydrogen-bond acceptors (Lipinski definition) is 7. The topological polar surface area (TPSA) is 107 Å². The maximum atomic E-state index is 13.1. The van der Waals surface area contributed by atoms with Crippen LogP contribution in [0.5, 0.6) is 0 Å². The largest absolute Gasteiger partial charge is 0.465 e. The number of pyridine rings is 1. The average Bonchev–Trinajstić information content (AvgIpc) is 3.27. The maximum Gasteiger partial charge on any atom is 0.337 e. The predicted octanol–water partition coefficient (Wildman–Crippen LogP) is 2.76. The molecule has 0 atom stereocenters. The molecule has 2 N–H and O–H groups in total. The monoisotopic (exact) mass is 437 g/mol. The van der Waals surface area contributed by atoms with Crippen molar-refractivity contribution in [1.82, 2.24) is 20.1 Å². The van der Waals surface area contributed by atoms with Crippen LogP contribution in [-0.4, -0.2) is 53.0 Å². The van der Waals surface area contributed by atoms with Crippen LogP contribution in [0.3, 0.4) is 0 Å². The molecular formula is C23H27N5O4. The Kier molecular flexibility index (Phi) is 6.65. The molecule has 9 heteroatoms. The lowest BCUT2D eigenvalue weighted by Gasteiger charge is -2.25. The van der Waals surface area contributed by atoms with Gasteiger partial charge >= 0.3 is 5.97 Å². The fourth-order valence-corrected chi connectivity index (χ4v) is 3.79. The number of esters is 1. The Labute approximate surface area is 186 Å². The number of nitrogens with zero attached hydrogens (tertiary/aromatic N) is 3. The van der Waals surface area contributed by atoms with Gasteiger partial charge in [0.15, 0.2) is 5.65 Å². The second kappa shape index (κ2) is 9.78. The first-order chi connectivity index (χ1) is 15.6. The molecule has 1 aliphatic rings. The third-order valence-corrected chi connectivity index (χ3v) is 5.61. The van der Waals surface area contributed by atoms with E-state index in [-0.39, 0.29) is 11.9 Å². The minimum absolute atomic E-state index is 0.219. The molecule has 3 heterocycles. The standard InChI is InChI=1S/C23H27N5O4/c1-3-28-21-18(14-26-28)20(27-17-8-10-32-11-9-17)19(13-24-21)22(29)25-12-15-4-6-16(7-5-15)23(30)31-2/h4-7,13-14,17H,3,8-12H2,1-2H3,(H,24,27)(H,25,29). The van der Waals surface area contributed by atoms with Crippen LogP contribution in [0.4, 0.5) is 5.69 Å². The Morgan fingerprint density at radius 3 is 2.62 bits per heavy atom. The van der Waals surface area contributed by atoms with Crippen LogP contribution in [0.25, 0.3) is 11.0 Å². The Bertz CT molecular complexity index is 1100. The van der Waals surface area contributed by atoms with Gasteiger partial charge in [-0.25, -0.2) is 14.5 Å². The number of fused-ring (bicyclic) bond motifs is 1. The molecule has 0 bridgehead atoms. The number of rotatable bonds is 7. The zero-order chi connectivity index (χ0) is 22.5. The summed E-state index contributed by atoms with van der Waals surface area (Å²) in [6.45, 7) is 4.42. The highest BCUT2D eigenvalue weighted by molar-refractivity contribution is 6.06. The number of ether oxygens (including phenoxy) is 2. The first-order valence-corrected chi connectivity index (χ1v) is 10.7. The van der Waals surface area contributed by atoms with Crippen LogP contribution in [0, 0.1) is 0 Å². The molecule has 1 amide bonds. The van der Waals surface area contributed by atoms with E-state index in [1.807, 2.05) is 11.6 Å². The number of aryl methyl sites for hydroxylation is 1. The Balaban J connectivity index is 1.55. The molecule has 32 heavy (non-hydrogen) atoms. The molecule has 9 nitrogen and oxygen atoms in total. The fraction of sp³-hybridized carbons (Fsp3) is 0.391. The fourth-order valence-electron chi connectivity index (χ4n) is 3.79. The molecular weight excluding hydrogens is 410 g/mol. The minimum Gasteiger partial charge on any atom is -0.465 e. The van der Waals surface area contributed by atoms with Gasteiger partial charge in [-0.2, -0.15) is 5.10 Å². The van der Waals surface area contributed by atoms with Gasteiger partial charge in [0.05, 0.1) is 35.5 Å². The molecule has 1 fully saturated rings. The number of carbonyl (C=O) groups excluding carboxylic acids is 2. The second-order valence-corrected chi connectivity index (χ2v) is 7.65. The van der Waals surface area contributed by atoms with Crippen molar-refractivity contribution in [3.05, 3.63) is 53.3 Å². The van der Waals surface area contributed by atoms with Crippen molar-refractivity contribution >= 4 is 28.6 Å². The smallest absolute Gasteiger partial charge is 0.337 e. The molecule has 4 rings (SSSR count). The molecule has 0 radical (unpaired) electrons. The Morgan fingerprint density at radius 1 is 1.19 bits per heavy atom. The first-order valence-electron chi connectivity index (χ1n) is 10.7. The summed E-state index contributed by atoms with van der Waals surface area (Å²) in [7, 11) is 1.34. The van der Waals surface area contributed by atoms with Crippen molar-refractivity contribution in [3.8, 4) is 0 Å². The van der Waals surface area contributed by atoms with E-state index in [1.165, 1.54) is 7.11 Å². The molecule has 0 spiro atoms. The summed E-state index contributed by atoms with van der Waals surface area (Å²) in [6, 6.07) is 7.16. The highest BCUT2D eigenvalue weighted by Gasteiger charge is 2.22.